The normalized spacial score (nSPS) is 10.3. The molecule has 0 fully saturated rings. The number of halogens is 3. The molecule has 2 aromatic carbocycles. The lowest BCUT2D eigenvalue weighted by molar-refractivity contribution is 0.0694. The van der Waals surface area contributed by atoms with Gasteiger partial charge in [0, 0.05) is 6.07 Å². The lowest BCUT2D eigenvalue weighted by Gasteiger charge is -2.13. The van der Waals surface area contributed by atoms with Gasteiger partial charge in [0.05, 0.1) is 15.2 Å². The van der Waals surface area contributed by atoms with Gasteiger partial charge in [-0.2, -0.15) is 0 Å². The zero-order valence-electron chi connectivity index (χ0n) is 9.86. The first-order valence-electron chi connectivity index (χ1n) is 5.34. The van der Waals surface area contributed by atoms with Crippen LogP contribution in [0.25, 0.3) is 0 Å². The van der Waals surface area contributed by atoms with Gasteiger partial charge in [0.2, 0.25) is 0 Å². The van der Waals surface area contributed by atoms with Crippen LogP contribution in [-0.2, 0) is 0 Å². The Morgan fingerprint density at radius 3 is 2.75 bits per heavy atom. The Hall–Kier alpha value is -1.79. The number of benzene rings is 2. The van der Waals surface area contributed by atoms with Crippen LogP contribution in [0.5, 0.6) is 11.5 Å². The number of carbonyl (C=O) groups is 1. The Balaban J connectivity index is 2.50. The third-order valence-electron chi connectivity index (χ3n) is 2.46. The molecular formula is C13H8BrClFNO3. The van der Waals surface area contributed by atoms with Crippen LogP contribution in [0.1, 0.15) is 10.4 Å². The second kappa shape index (κ2) is 5.68. The van der Waals surface area contributed by atoms with E-state index in [4.69, 9.17) is 27.2 Å². The highest BCUT2D eigenvalue weighted by atomic mass is 79.9. The number of hydrogen-bond acceptors (Lipinski definition) is 3. The fourth-order valence-electron chi connectivity index (χ4n) is 1.53. The molecule has 7 heteroatoms. The number of nitrogen functional groups attached to an aromatic ring is 1. The molecule has 20 heavy (non-hydrogen) atoms. The smallest absolute Gasteiger partial charge is 0.339 e. The minimum absolute atomic E-state index is 0.0533. The van der Waals surface area contributed by atoms with E-state index in [9.17, 15) is 9.18 Å². The number of aromatic carboxylic acids is 1. The summed E-state index contributed by atoms with van der Waals surface area (Å²) in [6, 6.07) is 6.68. The molecule has 0 aliphatic rings. The van der Waals surface area contributed by atoms with Gasteiger partial charge in [-0.15, -0.1) is 0 Å². The molecule has 0 atom stereocenters. The van der Waals surface area contributed by atoms with Crippen LogP contribution in [0.4, 0.5) is 10.1 Å². The molecule has 2 aromatic rings. The molecule has 0 radical (unpaired) electrons. The van der Waals surface area contributed by atoms with Gasteiger partial charge in [-0.05, 0) is 34.1 Å². The molecule has 0 saturated heterocycles. The molecule has 0 bridgehead atoms. The lowest BCUT2D eigenvalue weighted by Crippen LogP contribution is -2.03. The predicted octanol–water partition coefficient (Wildman–Crippen LogP) is 4.31. The highest BCUT2D eigenvalue weighted by molar-refractivity contribution is 9.10. The summed E-state index contributed by atoms with van der Waals surface area (Å²) >= 11 is 8.78. The van der Waals surface area contributed by atoms with Crippen LogP contribution in [-0.4, -0.2) is 11.1 Å². The van der Waals surface area contributed by atoms with Gasteiger partial charge in [0.15, 0.2) is 5.75 Å². The standard InChI is InChI=1S/C13H8BrClFNO3/c14-7-4-8(15)9(16)5-11(7)20-12-6(13(18)19)2-1-3-10(12)17/h1-5H,17H2,(H,18,19). The highest BCUT2D eigenvalue weighted by Crippen LogP contribution is 2.37. The Kier molecular flexibility index (Phi) is 4.15. The quantitative estimate of drug-likeness (QED) is 0.632. The molecule has 0 spiro atoms. The van der Waals surface area contributed by atoms with Crippen molar-refractivity contribution in [2.24, 2.45) is 0 Å². The largest absolute Gasteiger partial charge is 0.478 e. The van der Waals surface area contributed by atoms with Gasteiger partial charge in [0.1, 0.15) is 17.1 Å². The van der Waals surface area contributed by atoms with E-state index in [0.717, 1.165) is 6.07 Å². The summed E-state index contributed by atoms with van der Waals surface area (Å²) in [6.45, 7) is 0. The Labute approximate surface area is 127 Å². The maximum absolute atomic E-state index is 13.4. The van der Waals surface area contributed by atoms with Crippen molar-refractivity contribution in [2.75, 3.05) is 5.73 Å². The summed E-state index contributed by atoms with van der Waals surface area (Å²) in [7, 11) is 0. The SMILES string of the molecule is Nc1cccc(C(=O)O)c1Oc1cc(F)c(Cl)cc1Br. The topological polar surface area (TPSA) is 72.6 Å². The van der Waals surface area contributed by atoms with E-state index in [1.165, 1.54) is 24.3 Å². The molecule has 0 unspecified atom stereocenters. The first-order valence-corrected chi connectivity index (χ1v) is 6.51. The summed E-state index contributed by atoms with van der Waals surface area (Å²) in [5, 5.41) is 9.01. The van der Waals surface area contributed by atoms with Crippen LogP contribution >= 0.6 is 27.5 Å². The molecule has 2 rings (SSSR count). The zero-order chi connectivity index (χ0) is 14.9. The molecule has 0 aliphatic carbocycles. The molecule has 104 valence electrons. The van der Waals surface area contributed by atoms with Crippen molar-refractivity contribution in [1.82, 2.24) is 0 Å². The summed E-state index contributed by atoms with van der Waals surface area (Å²) in [5.41, 5.74) is 5.71. The van der Waals surface area contributed by atoms with Crippen molar-refractivity contribution in [3.05, 3.63) is 51.2 Å². The third kappa shape index (κ3) is 2.86. The van der Waals surface area contributed by atoms with Crippen molar-refractivity contribution in [3.63, 3.8) is 0 Å². The average Bonchev–Trinajstić information content (AvgIpc) is 2.37. The molecule has 0 heterocycles. The van der Waals surface area contributed by atoms with Crippen molar-refractivity contribution >= 4 is 39.2 Å². The van der Waals surface area contributed by atoms with Crippen LogP contribution in [0.2, 0.25) is 5.02 Å². The van der Waals surface area contributed by atoms with E-state index >= 15 is 0 Å². The van der Waals surface area contributed by atoms with E-state index in [1.807, 2.05) is 0 Å². The van der Waals surface area contributed by atoms with Gasteiger partial charge < -0.3 is 15.6 Å². The summed E-state index contributed by atoms with van der Waals surface area (Å²) < 4.78 is 19.2. The maximum atomic E-state index is 13.4. The van der Waals surface area contributed by atoms with Gasteiger partial charge in [-0.3, -0.25) is 0 Å². The first-order chi connectivity index (χ1) is 9.40. The summed E-state index contributed by atoms with van der Waals surface area (Å²) in [4.78, 5) is 11.1. The lowest BCUT2D eigenvalue weighted by atomic mass is 10.1. The van der Waals surface area contributed by atoms with Crippen LogP contribution in [0.3, 0.4) is 0 Å². The van der Waals surface area contributed by atoms with Crippen molar-refractivity contribution in [2.45, 2.75) is 0 Å². The molecule has 0 aromatic heterocycles. The molecular weight excluding hydrogens is 353 g/mol. The number of anilines is 1. The second-order valence-electron chi connectivity index (χ2n) is 3.83. The van der Waals surface area contributed by atoms with Crippen molar-refractivity contribution < 1.29 is 19.0 Å². The highest BCUT2D eigenvalue weighted by Gasteiger charge is 2.17. The fraction of sp³-hybridized carbons (Fsp3) is 0. The zero-order valence-corrected chi connectivity index (χ0v) is 12.2. The Morgan fingerprint density at radius 1 is 1.40 bits per heavy atom. The maximum Gasteiger partial charge on any atom is 0.339 e. The molecule has 0 amide bonds. The number of carboxylic acid groups (broad SMARTS) is 1. The van der Waals surface area contributed by atoms with Gasteiger partial charge in [-0.1, -0.05) is 17.7 Å². The van der Waals surface area contributed by atoms with E-state index in [-0.39, 0.29) is 27.8 Å². The van der Waals surface area contributed by atoms with E-state index in [0.29, 0.717) is 4.47 Å². The monoisotopic (exact) mass is 359 g/mol. The van der Waals surface area contributed by atoms with E-state index < -0.39 is 11.8 Å². The van der Waals surface area contributed by atoms with Crippen LogP contribution in [0.15, 0.2) is 34.8 Å². The molecule has 0 aliphatic heterocycles. The number of rotatable bonds is 3. The number of nitrogens with two attached hydrogens (primary N) is 1. The fourth-order valence-corrected chi connectivity index (χ4v) is 2.25. The molecule has 3 N–H and O–H groups in total. The minimum atomic E-state index is -1.20. The molecule has 0 saturated carbocycles. The summed E-state index contributed by atoms with van der Waals surface area (Å²) in [5.74, 6) is -1.86. The van der Waals surface area contributed by atoms with Crippen LogP contribution in [0, 0.1) is 5.82 Å². The van der Waals surface area contributed by atoms with Gasteiger partial charge in [0.25, 0.3) is 0 Å². The number of para-hydroxylation sites is 1. The minimum Gasteiger partial charge on any atom is -0.478 e. The Bertz CT molecular complexity index is 694. The number of ether oxygens (including phenoxy) is 1. The average molecular weight is 361 g/mol. The van der Waals surface area contributed by atoms with Gasteiger partial charge >= 0.3 is 5.97 Å². The summed E-state index contributed by atoms with van der Waals surface area (Å²) in [6.07, 6.45) is 0. The second-order valence-corrected chi connectivity index (χ2v) is 5.09. The van der Waals surface area contributed by atoms with E-state index in [1.54, 1.807) is 0 Å². The van der Waals surface area contributed by atoms with Crippen LogP contribution < -0.4 is 10.5 Å². The van der Waals surface area contributed by atoms with Gasteiger partial charge in [-0.25, -0.2) is 9.18 Å². The number of carboxylic acids is 1. The van der Waals surface area contributed by atoms with Crippen molar-refractivity contribution in [1.29, 1.82) is 0 Å². The third-order valence-corrected chi connectivity index (χ3v) is 3.37. The predicted molar refractivity (Wildman–Crippen MR) is 77.0 cm³/mol. The van der Waals surface area contributed by atoms with Crippen molar-refractivity contribution in [3.8, 4) is 11.5 Å². The van der Waals surface area contributed by atoms with E-state index in [2.05, 4.69) is 15.9 Å². The number of hydrogen-bond donors (Lipinski definition) is 2. The Morgan fingerprint density at radius 2 is 2.10 bits per heavy atom. The first kappa shape index (κ1) is 14.6. The molecule has 4 nitrogen and oxygen atoms in total.